The molecule has 3 aromatic carbocycles. The first-order valence-electron chi connectivity index (χ1n) is 12.0. The zero-order chi connectivity index (χ0) is 32.5. The number of halogens is 8. The summed E-state index contributed by atoms with van der Waals surface area (Å²) in [6, 6.07) is 11.2. The molecule has 0 fully saturated rings. The van der Waals surface area contributed by atoms with E-state index in [0.29, 0.717) is 12.7 Å². The fraction of sp³-hybridized carbons (Fsp3) is 0.250. The molecule has 3 N–H and O–H groups in total. The van der Waals surface area contributed by atoms with Crippen LogP contribution < -0.4 is 10.6 Å². The van der Waals surface area contributed by atoms with E-state index >= 15 is 0 Å². The van der Waals surface area contributed by atoms with E-state index in [-0.39, 0.29) is 37.6 Å². The average Bonchev–Trinajstić information content (AvgIpc) is 2.87. The molecule has 0 saturated heterocycles. The minimum absolute atomic E-state index is 0.0143. The largest absolute Gasteiger partial charge is 0.466 e. The van der Waals surface area contributed by atoms with Crippen molar-refractivity contribution in [2.75, 3.05) is 17.7 Å². The predicted molar refractivity (Wildman–Crippen MR) is 160 cm³/mol. The van der Waals surface area contributed by atoms with E-state index in [1.807, 2.05) is 0 Å². The second-order valence-electron chi connectivity index (χ2n) is 9.46. The Kier molecular flexibility index (Phi) is 10.6. The number of carbonyl (C=O) groups is 3. The molecule has 0 aliphatic heterocycles. The molecule has 2 amide bonds. The van der Waals surface area contributed by atoms with Gasteiger partial charge in [-0.25, -0.2) is 4.79 Å². The van der Waals surface area contributed by atoms with E-state index in [2.05, 4.69) is 15.4 Å². The molecule has 0 heterocycles. The first-order chi connectivity index (χ1) is 19.8. The van der Waals surface area contributed by atoms with Crippen molar-refractivity contribution in [2.24, 2.45) is 0 Å². The van der Waals surface area contributed by atoms with Gasteiger partial charge in [0, 0.05) is 27.0 Å². The van der Waals surface area contributed by atoms with Gasteiger partial charge >= 0.3 is 12.1 Å². The van der Waals surface area contributed by atoms with Crippen molar-refractivity contribution in [3.8, 4) is 0 Å². The van der Waals surface area contributed by atoms with Gasteiger partial charge in [0.25, 0.3) is 11.5 Å². The lowest BCUT2D eigenvalue weighted by Crippen LogP contribution is -2.49. The van der Waals surface area contributed by atoms with Crippen LogP contribution in [0.25, 0.3) is 0 Å². The molecular weight excluding hydrogens is 679 g/mol. The number of aryl methyl sites for hydroxylation is 1. The van der Waals surface area contributed by atoms with Crippen LogP contribution in [0.2, 0.25) is 15.1 Å². The highest BCUT2D eigenvalue weighted by molar-refractivity contribution is 6.50. The van der Waals surface area contributed by atoms with Crippen molar-refractivity contribution < 1.29 is 37.4 Å². The lowest BCUT2D eigenvalue weighted by atomic mass is 9.91. The maximum Gasteiger partial charge on any atom is 0.432 e. The van der Waals surface area contributed by atoms with Crippen LogP contribution in [0.5, 0.6) is 0 Å². The van der Waals surface area contributed by atoms with E-state index in [1.54, 1.807) is 0 Å². The van der Waals surface area contributed by atoms with Crippen LogP contribution in [-0.4, -0.2) is 40.5 Å². The van der Waals surface area contributed by atoms with Crippen LogP contribution in [0.1, 0.15) is 39.9 Å². The Morgan fingerprint density at radius 2 is 1.51 bits per heavy atom. The van der Waals surface area contributed by atoms with Crippen molar-refractivity contribution in [3.63, 3.8) is 0 Å². The van der Waals surface area contributed by atoms with Crippen LogP contribution in [0, 0.1) is 6.92 Å². The summed E-state index contributed by atoms with van der Waals surface area (Å²) in [5.41, 5.74) is -4.26. The number of rotatable bonds is 8. The first kappa shape index (κ1) is 34.8. The number of hydrogen-bond acceptors (Lipinski definition) is 5. The minimum Gasteiger partial charge on any atom is -0.466 e. The number of methoxy groups -OCH3 is 1. The summed E-state index contributed by atoms with van der Waals surface area (Å²) in [6.45, 7) is 2.76. The highest BCUT2D eigenvalue weighted by atomic mass is 35.5. The van der Waals surface area contributed by atoms with Gasteiger partial charge in [-0.2, -0.15) is 13.2 Å². The van der Waals surface area contributed by atoms with Gasteiger partial charge in [0.1, 0.15) is 4.33 Å². The Hall–Kier alpha value is -2.73. The fourth-order valence-corrected chi connectivity index (χ4v) is 5.37. The van der Waals surface area contributed by atoms with Gasteiger partial charge in [0.05, 0.1) is 23.6 Å². The summed E-state index contributed by atoms with van der Waals surface area (Å²) >= 11 is 31.1. The zero-order valence-corrected chi connectivity index (χ0v) is 26.2. The molecule has 43 heavy (non-hydrogen) atoms. The van der Waals surface area contributed by atoms with E-state index in [0.717, 1.165) is 18.2 Å². The number of aliphatic hydroxyl groups is 1. The molecule has 3 rings (SSSR count). The summed E-state index contributed by atoms with van der Waals surface area (Å²) in [6.07, 6.45) is -5.39. The van der Waals surface area contributed by atoms with Gasteiger partial charge in [-0.15, -0.1) is 23.2 Å². The van der Waals surface area contributed by atoms with Crippen LogP contribution in [-0.2, 0) is 19.9 Å². The van der Waals surface area contributed by atoms with Crippen molar-refractivity contribution in [3.05, 3.63) is 91.9 Å². The van der Waals surface area contributed by atoms with Crippen molar-refractivity contribution >= 4 is 87.2 Å². The molecule has 7 nitrogen and oxygen atoms in total. The second-order valence-corrected chi connectivity index (χ2v) is 12.5. The molecule has 3 aromatic rings. The van der Waals surface area contributed by atoms with Gasteiger partial charge in [0.15, 0.2) is 0 Å². The molecule has 230 valence electrons. The monoisotopic (exact) mass is 698 g/mol. The Balaban J connectivity index is 1.89. The molecule has 15 heteroatoms. The Morgan fingerprint density at radius 1 is 0.907 bits per heavy atom. The SMILES string of the molecule is COC(=O)C(O)(c1ccc(NC(=O)c2cc(NC(=O)C(c3cc(Cl)cc(Cl)c3)C(C)(Cl)Cl)ccc2Cl)c(C)c1)C(F)(F)F. The smallest absolute Gasteiger partial charge is 0.432 e. The van der Waals surface area contributed by atoms with Gasteiger partial charge in [0.2, 0.25) is 5.91 Å². The number of amides is 2. The number of hydrogen-bond donors (Lipinski definition) is 3. The maximum atomic E-state index is 13.6. The van der Waals surface area contributed by atoms with E-state index in [1.165, 1.54) is 50.2 Å². The van der Waals surface area contributed by atoms with E-state index in [4.69, 9.17) is 58.0 Å². The normalized spacial score (nSPS) is 14.0. The Labute approximate surface area is 269 Å². The molecule has 0 aliphatic carbocycles. The second kappa shape index (κ2) is 13.1. The van der Waals surface area contributed by atoms with Crippen molar-refractivity contribution in [1.29, 1.82) is 0 Å². The first-order valence-corrected chi connectivity index (χ1v) is 13.9. The Bertz CT molecular complexity index is 1560. The molecule has 0 spiro atoms. The summed E-state index contributed by atoms with van der Waals surface area (Å²) in [7, 11) is 0.706. The van der Waals surface area contributed by atoms with Gasteiger partial charge in [-0.1, -0.05) is 46.9 Å². The maximum absolute atomic E-state index is 13.6. The van der Waals surface area contributed by atoms with Crippen molar-refractivity contribution in [1.82, 2.24) is 0 Å². The fourth-order valence-electron chi connectivity index (χ4n) is 4.17. The summed E-state index contributed by atoms with van der Waals surface area (Å²) in [5, 5.41) is 15.8. The molecule has 0 bridgehead atoms. The molecular formula is C28H22Cl5F3N2O5. The number of benzene rings is 3. The van der Waals surface area contributed by atoms with Crippen LogP contribution >= 0.6 is 58.0 Å². The quantitative estimate of drug-likeness (QED) is 0.163. The van der Waals surface area contributed by atoms with E-state index < -0.39 is 45.4 Å². The summed E-state index contributed by atoms with van der Waals surface area (Å²) in [5.74, 6) is -4.52. The van der Waals surface area contributed by atoms with Crippen LogP contribution in [0.4, 0.5) is 24.5 Å². The van der Waals surface area contributed by atoms with E-state index in [9.17, 15) is 32.7 Å². The molecule has 0 radical (unpaired) electrons. The highest BCUT2D eigenvalue weighted by Gasteiger charge is 2.62. The topological polar surface area (TPSA) is 105 Å². The minimum atomic E-state index is -5.39. The average molecular weight is 701 g/mol. The molecule has 0 aliphatic rings. The number of anilines is 2. The van der Waals surface area contributed by atoms with Crippen molar-refractivity contribution in [2.45, 2.75) is 35.9 Å². The number of carbonyl (C=O) groups excluding carboxylic acids is 3. The van der Waals surface area contributed by atoms with Gasteiger partial charge in [-0.05, 0) is 67.4 Å². The van der Waals surface area contributed by atoms with Crippen LogP contribution in [0.3, 0.4) is 0 Å². The van der Waals surface area contributed by atoms with Gasteiger partial charge in [-0.3, -0.25) is 9.59 Å². The lowest BCUT2D eigenvalue weighted by molar-refractivity contribution is -0.266. The third-order valence-corrected chi connectivity index (χ3v) is 7.45. The predicted octanol–water partition coefficient (Wildman–Crippen LogP) is 8.05. The molecule has 2 atom stereocenters. The molecule has 0 aromatic heterocycles. The standard InChI is InChI=1S/C28H22Cl5F3N2O5/c1-13-8-15(27(42,25(41)43-3)28(34,35)36)4-7-21(13)38-23(39)19-12-18(5-6-20(19)31)37-24(40)22(26(2,32)33)14-9-16(29)11-17(30)10-14/h4-12,22,42H,1-3H3,(H,37,40)(H,38,39). The number of nitrogens with one attached hydrogen (secondary N) is 2. The van der Waals surface area contributed by atoms with Gasteiger partial charge < -0.3 is 20.5 Å². The zero-order valence-electron chi connectivity index (χ0n) is 22.4. The third kappa shape index (κ3) is 7.68. The Morgan fingerprint density at radius 3 is 2.02 bits per heavy atom. The van der Waals surface area contributed by atoms with Crippen LogP contribution in [0.15, 0.2) is 54.6 Å². The summed E-state index contributed by atoms with van der Waals surface area (Å²) in [4.78, 5) is 38.3. The summed E-state index contributed by atoms with van der Waals surface area (Å²) < 4.78 is 43.4. The lowest BCUT2D eigenvalue weighted by Gasteiger charge is -2.28. The molecule has 2 unspecified atom stereocenters. The third-order valence-electron chi connectivity index (χ3n) is 6.25. The molecule has 0 saturated carbocycles. The number of alkyl halides is 5. The highest BCUT2D eigenvalue weighted by Crippen LogP contribution is 2.42. The number of esters is 1. The number of ether oxygens (including phenoxy) is 1.